The molecule has 3 amide bonds. The molecule has 7 heteroatoms. The van der Waals surface area contributed by atoms with E-state index in [0.29, 0.717) is 6.54 Å². The zero-order chi connectivity index (χ0) is 19.3. The van der Waals surface area contributed by atoms with Crippen LogP contribution < -0.4 is 10.2 Å². The van der Waals surface area contributed by atoms with E-state index < -0.39 is 17.4 Å². The molecule has 1 N–H and O–H groups in total. The van der Waals surface area contributed by atoms with Crippen LogP contribution >= 0.6 is 11.8 Å². The molecule has 27 heavy (non-hydrogen) atoms. The molecule has 4 rings (SSSR count). The number of hydrogen-bond acceptors (Lipinski definition) is 5. The highest BCUT2D eigenvalue weighted by atomic mass is 32.2. The summed E-state index contributed by atoms with van der Waals surface area (Å²) >= 11 is 1.69. The van der Waals surface area contributed by atoms with E-state index in [1.807, 2.05) is 30.5 Å². The van der Waals surface area contributed by atoms with E-state index in [-0.39, 0.29) is 23.8 Å². The molecule has 0 unspecified atom stereocenters. The Labute approximate surface area is 163 Å². The zero-order valence-corrected chi connectivity index (χ0v) is 16.3. The molecule has 6 nitrogen and oxygen atoms in total. The van der Waals surface area contributed by atoms with Gasteiger partial charge in [0.1, 0.15) is 5.54 Å². The van der Waals surface area contributed by atoms with Crippen molar-refractivity contribution in [1.82, 2.24) is 10.2 Å². The molecule has 3 heterocycles. The van der Waals surface area contributed by atoms with Gasteiger partial charge in [-0.25, -0.2) is 0 Å². The lowest BCUT2D eigenvalue weighted by Crippen LogP contribution is -2.55. The van der Waals surface area contributed by atoms with Gasteiger partial charge >= 0.3 is 0 Å². The molecule has 0 radical (unpaired) electrons. The van der Waals surface area contributed by atoms with Crippen LogP contribution in [0.15, 0.2) is 36.9 Å². The number of rotatable bonds is 5. The molecule has 3 aliphatic rings. The molecular weight excluding hydrogens is 362 g/mol. The van der Waals surface area contributed by atoms with E-state index >= 15 is 0 Å². The minimum atomic E-state index is -1.18. The Morgan fingerprint density at radius 1 is 1.26 bits per heavy atom. The highest BCUT2D eigenvalue weighted by molar-refractivity contribution is 7.98. The predicted molar refractivity (Wildman–Crippen MR) is 105 cm³/mol. The molecule has 0 saturated carbocycles. The Morgan fingerprint density at radius 2 is 2.00 bits per heavy atom. The Morgan fingerprint density at radius 3 is 2.70 bits per heavy atom. The number of anilines is 1. The first-order valence-corrected chi connectivity index (χ1v) is 10.5. The van der Waals surface area contributed by atoms with Gasteiger partial charge in [0.15, 0.2) is 0 Å². The second-order valence-electron chi connectivity index (χ2n) is 7.30. The highest BCUT2D eigenvalue weighted by Crippen LogP contribution is 2.54. The fraction of sp³-hybridized carbons (Fsp3) is 0.450. The average molecular weight is 385 g/mol. The van der Waals surface area contributed by atoms with E-state index in [1.54, 1.807) is 22.7 Å². The number of carbonyl (C=O) groups excluding carboxylic acids is 3. The lowest BCUT2D eigenvalue weighted by Gasteiger charge is -2.30. The van der Waals surface area contributed by atoms with Crippen molar-refractivity contribution < 1.29 is 14.4 Å². The van der Waals surface area contributed by atoms with E-state index in [9.17, 15) is 14.4 Å². The maximum absolute atomic E-state index is 13.6. The topological polar surface area (TPSA) is 69.7 Å². The summed E-state index contributed by atoms with van der Waals surface area (Å²) in [6.45, 7) is 4.13. The monoisotopic (exact) mass is 385 g/mol. The number of hydrogen-bond donors (Lipinski definition) is 1. The summed E-state index contributed by atoms with van der Waals surface area (Å²) in [5.41, 5.74) is 0.397. The Kier molecular flexibility index (Phi) is 4.39. The quantitative estimate of drug-likeness (QED) is 0.612. The fourth-order valence-corrected chi connectivity index (χ4v) is 5.38. The molecule has 4 atom stereocenters. The number of imide groups is 1. The van der Waals surface area contributed by atoms with E-state index in [1.165, 1.54) is 11.9 Å². The molecule has 2 fully saturated rings. The van der Waals surface area contributed by atoms with Crippen molar-refractivity contribution in [3.05, 3.63) is 42.5 Å². The molecule has 1 spiro atoms. The average Bonchev–Trinajstić information content (AvgIpc) is 3.22. The van der Waals surface area contributed by atoms with Crippen molar-refractivity contribution in [2.24, 2.45) is 11.8 Å². The van der Waals surface area contributed by atoms with Crippen molar-refractivity contribution in [3.8, 4) is 0 Å². The lowest BCUT2D eigenvalue weighted by molar-refractivity contribution is -0.141. The smallest absolute Gasteiger partial charge is 0.253 e. The summed E-state index contributed by atoms with van der Waals surface area (Å²) in [5.74, 6) is -0.975. The molecule has 2 saturated heterocycles. The van der Waals surface area contributed by atoms with Gasteiger partial charge in [-0.3, -0.25) is 24.6 Å². The first kappa shape index (κ1) is 18.3. The third-order valence-corrected chi connectivity index (χ3v) is 6.68. The number of thioether (sulfide) groups is 1. The summed E-state index contributed by atoms with van der Waals surface area (Å²) in [5, 5.41) is 3.47. The van der Waals surface area contributed by atoms with E-state index in [0.717, 1.165) is 23.4 Å². The van der Waals surface area contributed by atoms with Crippen molar-refractivity contribution in [2.75, 3.05) is 30.5 Å². The highest BCUT2D eigenvalue weighted by Gasteiger charge is 2.70. The number of nitrogens with one attached hydrogen (secondary N) is 1. The lowest BCUT2D eigenvalue weighted by atomic mass is 9.76. The number of likely N-dealkylation sites (tertiary alicyclic amines) is 1. The zero-order valence-electron chi connectivity index (χ0n) is 15.5. The molecular formula is C20H23N3O3S. The molecule has 1 aromatic rings. The summed E-state index contributed by atoms with van der Waals surface area (Å²) < 4.78 is 0. The van der Waals surface area contributed by atoms with Crippen molar-refractivity contribution in [2.45, 2.75) is 18.0 Å². The normalized spacial score (nSPS) is 31.8. The van der Waals surface area contributed by atoms with Gasteiger partial charge in [-0.2, -0.15) is 11.8 Å². The van der Waals surface area contributed by atoms with Crippen molar-refractivity contribution >= 4 is 35.2 Å². The minimum Gasteiger partial charge on any atom is -0.306 e. The first-order chi connectivity index (χ1) is 13.0. The van der Waals surface area contributed by atoms with Gasteiger partial charge in [0.2, 0.25) is 11.8 Å². The standard InChI is InChI=1S/C20H23N3O3S/c1-4-10-23-14-8-6-5-7-12(14)20(19(23)26)16-15(13(21-20)9-11-27-3)17(24)22(2)18(16)25/h4-8,13,15-16,21H,1,9-11H2,2-3H3/t13-,15+,16-,20+/m1/s1. The van der Waals surface area contributed by atoms with Crippen molar-refractivity contribution in [3.63, 3.8) is 0 Å². The van der Waals surface area contributed by atoms with Crippen LogP contribution in [0, 0.1) is 11.8 Å². The van der Waals surface area contributed by atoms with E-state index in [4.69, 9.17) is 0 Å². The van der Waals surface area contributed by atoms with Gasteiger partial charge in [-0.05, 0) is 24.5 Å². The molecule has 142 valence electrons. The molecule has 1 aromatic carbocycles. The number of amides is 3. The predicted octanol–water partition coefficient (Wildman–Crippen LogP) is 1.37. The van der Waals surface area contributed by atoms with E-state index in [2.05, 4.69) is 11.9 Å². The summed E-state index contributed by atoms with van der Waals surface area (Å²) in [6.07, 6.45) is 4.42. The number of nitrogens with zero attached hydrogens (tertiary/aromatic N) is 2. The van der Waals surface area contributed by atoms with Gasteiger partial charge < -0.3 is 4.90 Å². The first-order valence-electron chi connectivity index (χ1n) is 9.09. The summed E-state index contributed by atoms with van der Waals surface area (Å²) in [4.78, 5) is 42.4. The Hall–Kier alpha value is -2.12. The van der Waals surface area contributed by atoms with Crippen molar-refractivity contribution in [1.29, 1.82) is 0 Å². The fourth-order valence-electron chi connectivity index (χ4n) is 4.89. The molecule has 0 aromatic heterocycles. The van der Waals surface area contributed by atoms with Gasteiger partial charge in [-0.1, -0.05) is 24.3 Å². The largest absolute Gasteiger partial charge is 0.306 e. The second-order valence-corrected chi connectivity index (χ2v) is 8.29. The second kappa shape index (κ2) is 6.49. The SMILES string of the molecule is C=CCN1C(=O)[C@]2(N[C@H](CCSC)[C@@H]3C(=O)N(C)C(=O)[C@@H]32)c2ccccc21. The van der Waals surface area contributed by atoms with Gasteiger partial charge in [0.25, 0.3) is 5.91 Å². The number of fused-ring (bicyclic) bond motifs is 4. The summed E-state index contributed by atoms with van der Waals surface area (Å²) in [7, 11) is 1.52. The van der Waals surface area contributed by atoms with Crippen LogP contribution in [0.1, 0.15) is 12.0 Å². The van der Waals surface area contributed by atoms with Crippen LogP contribution in [0.5, 0.6) is 0 Å². The third kappa shape index (κ3) is 2.28. The Balaban J connectivity index is 1.88. The van der Waals surface area contributed by atoms with Crippen LogP contribution in [0.3, 0.4) is 0 Å². The maximum atomic E-state index is 13.6. The number of para-hydroxylation sites is 1. The number of carbonyl (C=O) groups is 3. The maximum Gasteiger partial charge on any atom is 0.253 e. The van der Waals surface area contributed by atoms with Crippen LogP contribution in [0.2, 0.25) is 0 Å². The number of benzene rings is 1. The van der Waals surface area contributed by atoms with Gasteiger partial charge in [0, 0.05) is 30.9 Å². The van der Waals surface area contributed by atoms with Crippen LogP contribution in [0.25, 0.3) is 0 Å². The van der Waals surface area contributed by atoms with Gasteiger partial charge in [-0.15, -0.1) is 6.58 Å². The van der Waals surface area contributed by atoms with Crippen LogP contribution in [-0.4, -0.2) is 54.3 Å². The molecule has 0 aliphatic carbocycles. The molecule has 0 bridgehead atoms. The molecule has 3 aliphatic heterocycles. The minimum absolute atomic E-state index is 0.165. The third-order valence-electron chi connectivity index (χ3n) is 6.03. The Bertz CT molecular complexity index is 842. The van der Waals surface area contributed by atoms with Crippen LogP contribution in [-0.2, 0) is 19.9 Å². The summed E-state index contributed by atoms with van der Waals surface area (Å²) in [6, 6.07) is 7.34. The van der Waals surface area contributed by atoms with Gasteiger partial charge in [0.05, 0.1) is 11.8 Å². The van der Waals surface area contributed by atoms with Crippen LogP contribution in [0.4, 0.5) is 5.69 Å².